The van der Waals surface area contributed by atoms with Gasteiger partial charge in [-0.1, -0.05) is 29.8 Å². The van der Waals surface area contributed by atoms with Gasteiger partial charge < -0.3 is 15.3 Å². The van der Waals surface area contributed by atoms with E-state index in [1.54, 1.807) is 11.8 Å². The molecule has 0 saturated carbocycles. The average Bonchev–Trinajstić information content (AvgIpc) is 2.25. The van der Waals surface area contributed by atoms with Crippen LogP contribution in [0.2, 0.25) is 0 Å². The molecule has 18 heavy (non-hydrogen) atoms. The highest BCUT2D eigenvalue weighted by atomic mass is 32.2. The van der Waals surface area contributed by atoms with Crippen molar-refractivity contribution in [3.63, 3.8) is 0 Å². The van der Waals surface area contributed by atoms with Crippen molar-refractivity contribution in [3.8, 4) is 0 Å². The number of hydrogen-bond acceptors (Lipinski definition) is 4. The molecule has 0 amide bonds. The summed E-state index contributed by atoms with van der Waals surface area (Å²) in [5.74, 6) is -2.02. The van der Waals surface area contributed by atoms with Gasteiger partial charge in [-0.3, -0.25) is 4.79 Å². The molecule has 0 aliphatic carbocycles. The summed E-state index contributed by atoms with van der Waals surface area (Å²) in [5.41, 5.74) is 2.38. The minimum atomic E-state index is -2.11. The predicted molar refractivity (Wildman–Crippen MR) is 71.4 cm³/mol. The van der Waals surface area contributed by atoms with Gasteiger partial charge in [-0.25, -0.2) is 0 Å². The van der Waals surface area contributed by atoms with E-state index in [1.807, 2.05) is 31.2 Å². The van der Waals surface area contributed by atoms with Crippen LogP contribution in [-0.4, -0.2) is 32.8 Å². The highest BCUT2D eigenvalue weighted by Gasteiger charge is 2.25. The SMILES string of the molecule is Cc1ccc(CSCCC(O)(O)CC(=O)O)cc1. The van der Waals surface area contributed by atoms with Gasteiger partial charge in [-0.05, 0) is 18.2 Å². The average molecular weight is 270 g/mol. The maximum Gasteiger partial charge on any atom is 0.308 e. The number of aliphatic hydroxyl groups is 2. The normalized spacial score (nSPS) is 11.5. The Morgan fingerprint density at radius 3 is 2.44 bits per heavy atom. The van der Waals surface area contributed by atoms with Gasteiger partial charge in [0, 0.05) is 12.2 Å². The van der Waals surface area contributed by atoms with Crippen molar-refractivity contribution in [2.24, 2.45) is 0 Å². The lowest BCUT2D eigenvalue weighted by molar-refractivity contribution is -0.181. The summed E-state index contributed by atoms with van der Waals surface area (Å²) in [5, 5.41) is 27.2. The summed E-state index contributed by atoms with van der Waals surface area (Å²) in [6.07, 6.45) is -0.589. The second kappa shape index (κ2) is 6.78. The molecule has 1 rings (SSSR count). The highest BCUT2D eigenvalue weighted by molar-refractivity contribution is 7.98. The number of aryl methyl sites for hydroxylation is 1. The molecule has 0 radical (unpaired) electrons. The number of hydrogen-bond donors (Lipinski definition) is 3. The zero-order valence-corrected chi connectivity index (χ0v) is 11.1. The lowest BCUT2D eigenvalue weighted by Gasteiger charge is -2.18. The highest BCUT2D eigenvalue weighted by Crippen LogP contribution is 2.19. The van der Waals surface area contributed by atoms with Crippen molar-refractivity contribution in [1.29, 1.82) is 0 Å². The quantitative estimate of drug-likeness (QED) is 0.520. The van der Waals surface area contributed by atoms with Crippen LogP contribution < -0.4 is 0 Å². The van der Waals surface area contributed by atoms with E-state index in [2.05, 4.69) is 0 Å². The van der Waals surface area contributed by atoms with Gasteiger partial charge in [0.05, 0.1) is 6.42 Å². The zero-order chi connectivity index (χ0) is 13.6. The molecule has 0 atom stereocenters. The van der Waals surface area contributed by atoms with E-state index in [-0.39, 0.29) is 6.42 Å². The molecule has 5 heteroatoms. The molecule has 0 aromatic heterocycles. The number of benzene rings is 1. The van der Waals surface area contributed by atoms with Gasteiger partial charge >= 0.3 is 5.97 Å². The van der Waals surface area contributed by atoms with Crippen molar-refractivity contribution < 1.29 is 20.1 Å². The molecule has 0 aliphatic rings. The molecule has 1 aromatic rings. The molecule has 0 saturated heterocycles. The molecular weight excluding hydrogens is 252 g/mol. The van der Waals surface area contributed by atoms with Crippen LogP contribution in [0, 0.1) is 6.92 Å². The molecule has 0 aliphatic heterocycles. The van der Waals surface area contributed by atoms with E-state index >= 15 is 0 Å². The second-order valence-electron chi connectivity index (χ2n) is 4.34. The lowest BCUT2D eigenvalue weighted by Crippen LogP contribution is -2.31. The van der Waals surface area contributed by atoms with Gasteiger partial charge in [0.15, 0.2) is 5.79 Å². The van der Waals surface area contributed by atoms with Gasteiger partial charge in [-0.15, -0.1) is 0 Å². The standard InChI is InChI=1S/C13H18O4S/c1-10-2-4-11(5-3-10)9-18-7-6-13(16,17)8-12(14)15/h2-5,16-17H,6-9H2,1H3,(H,14,15). The second-order valence-corrected chi connectivity index (χ2v) is 5.45. The Kier molecular flexibility index (Phi) is 5.65. The van der Waals surface area contributed by atoms with Crippen LogP contribution in [0.15, 0.2) is 24.3 Å². The summed E-state index contributed by atoms with van der Waals surface area (Å²) < 4.78 is 0. The van der Waals surface area contributed by atoms with Crippen molar-refractivity contribution in [2.75, 3.05) is 5.75 Å². The van der Waals surface area contributed by atoms with E-state index in [0.717, 1.165) is 5.75 Å². The topological polar surface area (TPSA) is 77.8 Å². The monoisotopic (exact) mass is 270 g/mol. The summed E-state index contributed by atoms with van der Waals surface area (Å²) in [7, 11) is 0. The van der Waals surface area contributed by atoms with Crippen LogP contribution in [-0.2, 0) is 10.5 Å². The summed E-state index contributed by atoms with van der Waals surface area (Å²) in [6, 6.07) is 8.13. The van der Waals surface area contributed by atoms with E-state index in [9.17, 15) is 15.0 Å². The Hall–Kier alpha value is -1.04. The number of aliphatic carboxylic acids is 1. The minimum Gasteiger partial charge on any atom is -0.481 e. The summed E-state index contributed by atoms with van der Waals surface area (Å²) in [6.45, 7) is 2.02. The van der Waals surface area contributed by atoms with Crippen LogP contribution in [0.3, 0.4) is 0 Å². The Balaban J connectivity index is 2.26. The van der Waals surface area contributed by atoms with E-state index in [4.69, 9.17) is 5.11 Å². The number of carbonyl (C=O) groups is 1. The van der Waals surface area contributed by atoms with E-state index in [1.165, 1.54) is 11.1 Å². The zero-order valence-electron chi connectivity index (χ0n) is 10.3. The maximum atomic E-state index is 10.4. The largest absolute Gasteiger partial charge is 0.481 e. The number of thioether (sulfide) groups is 1. The fourth-order valence-electron chi connectivity index (χ4n) is 1.44. The van der Waals surface area contributed by atoms with Gasteiger partial charge in [0.25, 0.3) is 0 Å². The Morgan fingerprint density at radius 2 is 1.89 bits per heavy atom. The van der Waals surface area contributed by atoms with Crippen LogP contribution in [0.1, 0.15) is 24.0 Å². The molecule has 4 nitrogen and oxygen atoms in total. The van der Waals surface area contributed by atoms with Crippen molar-refractivity contribution in [2.45, 2.75) is 31.3 Å². The third-order valence-corrected chi connectivity index (χ3v) is 3.50. The van der Waals surface area contributed by atoms with E-state index in [0.29, 0.717) is 5.75 Å². The van der Waals surface area contributed by atoms with Crippen LogP contribution >= 0.6 is 11.8 Å². The third kappa shape index (κ3) is 6.05. The van der Waals surface area contributed by atoms with Gasteiger partial charge in [-0.2, -0.15) is 11.8 Å². The van der Waals surface area contributed by atoms with Gasteiger partial charge in [0.2, 0.25) is 0 Å². The Bertz CT molecular complexity index is 386. The summed E-state index contributed by atoms with van der Waals surface area (Å²) in [4.78, 5) is 10.4. The molecular formula is C13H18O4S. The first kappa shape index (κ1) is 15.0. The summed E-state index contributed by atoms with van der Waals surface area (Å²) >= 11 is 1.55. The minimum absolute atomic E-state index is 0.0514. The first-order valence-electron chi connectivity index (χ1n) is 5.69. The van der Waals surface area contributed by atoms with Crippen LogP contribution in [0.25, 0.3) is 0 Å². The lowest BCUT2D eigenvalue weighted by atomic mass is 10.1. The van der Waals surface area contributed by atoms with Gasteiger partial charge in [0.1, 0.15) is 0 Å². The van der Waals surface area contributed by atoms with Crippen molar-refractivity contribution in [3.05, 3.63) is 35.4 Å². The van der Waals surface area contributed by atoms with E-state index < -0.39 is 18.2 Å². The number of rotatable bonds is 7. The smallest absolute Gasteiger partial charge is 0.308 e. The maximum absolute atomic E-state index is 10.4. The Labute approximate surface area is 111 Å². The fraction of sp³-hybridized carbons (Fsp3) is 0.462. The molecule has 3 N–H and O–H groups in total. The van der Waals surface area contributed by atoms with Crippen molar-refractivity contribution >= 4 is 17.7 Å². The van der Waals surface area contributed by atoms with Crippen LogP contribution in [0.4, 0.5) is 0 Å². The molecule has 0 bridgehead atoms. The first-order valence-corrected chi connectivity index (χ1v) is 6.84. The Morgan fingerprint density at radius 1 is 1.28 bits per heavy atom. The number of carboxylic acids is 1. The molecule has 0 unspecified atom stereocenters. The molecule has 0 heterocycles. The molecule has 0 spiro atoms. The number of carboxylic acid groups (broad SMARTS) is 1. The fourth-order valence-corrected chi connectivity index (χ4v) is 2.48. The molecule has 0 fully saturated rings. The molecule has 1 aromatic carbocycles. The first-order chi connectivity index (χ1) is 8.39. The molecule has 100 valence electrons. The third-order valence-electron chi connectivity index (χ3n) is 2.47. The van der Waals surface area contributed by atoms with Crippen LogP contribution in [0.5, 0.6) is 0 Å². The predicted octanol–water partition coefficient (Wildman–Crippen LogP) is 1.77. The van der Waals surface area contributed by atoms with Crippen molar-refractivity contribution in [1.82, 2.24) is 0 Å².